The summed E-state index contributed by atoms with van der Waals surface area (Å²) in [5.74, 6) is 0. The zero-order valence-corrected chi connectivity index (χ0v) is 7.98. The van der Waals surface area contributed by atoms with Crippen molar-refractivity contribution in [3.63, 3.8) is 0 Å². The molecule has 4 heteroatoms. The fourth-order valence-electron chi connectivity index (χ4n) is 0.891. The van der Waals surface area contributed by atoms with E-state index in [2.05, 4.69) is 10.2 Å². The average molecular weight is 189 g/mol. The van der Waals surface area contributed by atoms with Crippen molar-refractivity contribution in [2.24, 2.45) is 0 Å². The maximum atomic E-state index is 13.4. The average Bonchev–Trinajstić information content (AvgIpc) is 1.92. The van der Waals surface area contributed by atoms with Crippen molar-refractivity contribution < 1.29 is 4.39 Å². The van der Waals surface area contributed by atoms with Crippen LogP contribution in [0.1, 0.15) is 25.1 Å². The maximum Gasteiger partial charge on any atom is 0.158 e. The van der Waals surface area contributed by atoms with Crippen LogP contribution in [0.25, 0.3) is 0 Å². The minimum atomic E-state index is -1.46. The van der Waals surface area contributed by atoms with E-state index >= 15 is 0 Å². The third-order valence-electron chi connectivity index (χ3n) is 1.51. The molecule has 0 unspecified atom stereocenters. The van der Waals surface area contributed by atoms with Crippen LogP contribution < -0.4 is 0 Å². The normalized spacial score (nSPS) is 11.8. The highest BCUT2D eigenvalue weighted by Gasteiger charge is 2.23. The van der Waals surface area contributed by atoms with E-state index in [-0.39, 0.29) is 5.15 Å². The monoisotopic (exact) mass is 188 g/mol. The van der Waals surface area contributed by atoms with Crippen LogP contribution in [0.2, 0.25) is 5.15 Å². The molecule has 0 fully saturated rings. The number of nitrogens with zero attached hydrogens (tertiary/aromatic N) is 2. The van der Waals surface area contributed by atoms with Gasteiger partial charge in [0.1, 0.15) is 5.67 Å². The summed E-state index contributed by atoms with van der Waals surface area (Å²) in [7, 11) is 0. The summed E-state index contributed by atoms with van der Waals surface area (Å²) < 4.78 is 13.4. The Morgan fingerprint density at radius 2 is 2.00 bits per heavy atom. The van der Waals surface area contributed by atoms with Crippen molar-refractivity contribution >= 4 is 11.6 Å². The van der Waals surface area contributed by atoms with Crippen molar-refractivity contribution in [3.8, 4) is 0 Å². The number of hydrogen-bond donors (Lipinski definition) is 0. The van der Waals surface area contributed by atoms with Gasteiger partial charge in [0.2, 0.25) is 0 Å². The Labute approximate surface area is 75.8 Å². The third kappa shape index (κ3) is 1.91. The molecule has 0 aliphatic carbocycles. The van der Waals surface area contributed by atoms with E-state index < -0.39 is 5.67 Å². The summed E-state index contributed by atoms with van der Waals surface area (Å²) >= 11 is 5.67. The standard InChI is InChI=1S/C8H10ClFN2/c1-5-4-6(8(2,3)10)7(9)12-11-5/h4H,1-3H3. The van der Waals surface area contributed by atoms with Crippen molar-refractivity contribution in [3.05, 3.63) is 22.5 Å². The van der Waals surface area contributed by atoms with Crippen LogP contribution >= 0.6 is 11.6 Å². The Morgan fingerprint density at radius 3 is 2.42 bits per heavy atom. The molecule has 1 aromatic heterocycles. The van der Waals surface area contributed by atoms with Crippen LogP contribution in [-0.2, 0) is 5.67 Å². The molecule has 66 valence electrons. The van der Waals surface area contributed by atoms with Crippen molar-refractivity contribution in [1.29, 1.82) is 0 Å². The van der Waals surface area contributed by atoms with Gasteiger partial charge in [0.15, 0.2) is 5.15 Å². The number of alkyl halides is 1. The molecule has 0 radical (unpaired) electrons. The van der Waals surface area contributed by atoms with E-state index in [0.717, 1.165) is 0 Å². The van der Waals surface area contributed by atoms with E-state index in [4.69, 9.17) is 11.6 Å². The Balaban J connectivity index is 3.23. The molecule has 0 aliphatic rings. The minimum Gasteiger partial charge on any atom is -0.239 e. The number of halogens is 2. The van der Waals surface area contributed by atoms with Gasteiger partial charge in [-0.05, 0) is 26.8 Å². The molecular weight excluding hydrogens is 179 g/mol. The Morgan fingerprint density at radius 1 is 1.42 bits per heavy atom. The summed E-state index contributed by atoms with van der Waals surface area (Å²) in [6.45, 7) is 4.63. The van der Waals surface area contributed by atoms with Gasteiger partial charge in [0.05, 0.1) is 5.69 Å². The second kappa shape index (κ2) is 2.98. The molecule has 1 aromatic rings. The fourth-order valence-corrected chi connectivity index (χ4v) is 1.21. The van der Waals surface area contributed by atoms with Gasteiger partial charge >= 0.3 is 0 Å². The SMILES string of the molecule is Cc1cc(C(C)(C)F)c(Cl)nn1. The molecule has 0 saturated carbocycles. The highest BCUT2D eigenvalue weighted by atomic mass is 35.5. The highest BCUT2D eigenvalue weighted by Crippen LogP contribution is 2.29. The predicted octanol–water partition coefficient (Wildman–Crippen LogP) is 2.64. The number of hydrogen-bond acceptors (Lipinski definition) is 2. The van der Waals surface area contributed by atoms with Gasteiger partial charge in [-0.3, -0.25) is 0 Å². The largest absolute Gasteiger partial charge is 0.239 e. The molecule has 0 amide bonds. The highest BCUT2D eigenvalue weighted by molar-refractivity contribution is 6.30. The van der Waals surface area contributed by atoms with Crippen molar-refractivity contribution in [2.45, 2.75) is 26.4 Å². The summed E-state index contributed by atoms with van der Waals surface area (Å²) in [6.07, 6.45) is 0. The number of aryl methyl sites for hydroxylation is 1. The number of rotatable bonds is 1. The maximum absolute atomic E-state index is 13.4. The minimum absolute atomic E-state index is 0.133. The van der Waals surface area contributed by atoms with Gasteiger partial charge in [-0.15, -0.1) is 5.10 Å². The van der Waals surface area contributed by atoms with Gasteiger partial charge in [0.25, 0.3) is 0 Å². The summed E-state index contributed by atoms with van der Waals surface area (Å²) in [5.41, 5.74) is -0.408. The first-order valence-corrected chi connectivity index (χ1v) is 3.98. The molecule has 0 aromatic carbocycles. The van der Waals surface area contributed by atoms with E-state index in [0.29, 0.717) is 11.3 Å². The lowest BCUT2D eigenvalue weighted by molar-refractivity contribution is 0.220. The lowest BCUT2D eigenvalue weighted by Crippen LogP contribution is -2.11. The molecule has 12 heavy (non-hydrogen) atoms. The third-order valence-corrected chi connectivity index (χ3v) is 1.79. The molecule has 0 N–H and O–H groups in total. The second-order valence-corrected chi connectivity index (χ2v) is 3.52. The zero-order valence-electron chi connectivity index (χ0n) is 7.23. The van der Waals surface area contributed by atoms with Gasteiger partial charge in [0, 0.05) is 5.56 Å². The quantitative estimate of drug-likeness (QED) is 0.677. The molecule has 0 spiro atoms. The van der Waals surface area contributed by atoms with Crippen LogP contribution in [0, 0.1) is 6.92 Å². The lowest BCUT2D eigenvalue weighted by atomic mass is 10.0. The van der Waals surface area contributed by atoms with E-state index in [9.17, 15) is 4.39 Å². The van der Waals surface area contributed by atoms with E-state index in [1.54, 1.807) is 13.0 Å². The molecule has 0 bridgehead atoms. The first kappa shape index (κ1) is 9.39. The summed E-state index contributed by atoms with van der Waals surface area (Å²) in [6, 6.07) is 1.61. The fraction of sp³-hybridized carbons (Fsp3) is 0.500. The molecular formula is C8H10ClFN2. The van der Waals surface area contributed by atoms with Crippen LogP contribution in [-0.4, -0.2) is 10.2 Å². The van der Waals surface area contributed by atoms with Crippen LogP contribution in [0.4, 0.5) is 4.39 Å². The lowest BCUT2D eigenvalue weighted by Gasteiger charge is -2.15. The number of aromatic nitrogens is 2. The molecule has 0 atom stereocenters. The first-order valence-electron chi connectivity index (χ1n) is 3.60. The summed E-state index contributed by atoms with van der Waals surface area (Å²) in [5, 5.41) is 7.46. The van der Waals surface area contributed by atoms with Crippen LogP contribution in [0.3, 0.4) is 0 Å². The summed E-state index contributed by atoms with van der Waals surface area (Å²) in [4.78, 5) is 0. The first-order chi connectivity index (χ1) is 5.41. The molecule has 1 heterocycles. The zero-order chi connectivity index (χ0) is 9.35. The molecule has 0 saturated heterocycles. The topological polar surface area (TPSA) is 25.8 Å². The van der Waals surface area contributed by atoms with Gasteiger partial charge in [-0.2, -0.15) is 5.10 Å². The van der Waals surface area contributed by atoms with Crippen molar-refractivity contribution in [2.75, 3.05) is 0 Å². The van der Waals surface area contributed by atoms with Crippen molar-refractivity contribution in [1.82, 2.24) is 10.2 Å². The van der Waals surface area contributed by atoms with Crippen LogP contribution in [0.15, 0.2) is 6.07 Å². The van der Waals surface area contributed by atoms with E-state index in [1.807, 2.05) is 0 Å². The Bertz CT molecular complexity index is 294. The Hall–Kier alpha value is -0.700. The molecule has 2 nitrogen and oxygen atoms in total. The predicted molar refractivity (Wildman–Crippen MR) is 45.9 cm³/mol. The smallest absolute Gasteiger partial charge is 0.158 e. The second-order valence-electron chi connectivity index (χ2n) is 3.16. The van der Waals surface area contributed by atoms with Gasteiger partial charge < -0.3 is 0 Å². The molecule has 0 aliphatic heterocycles. The molecule has 1 rings (SSSR count). The Kier molecular flexibility index (Phi) is 2.33. The van der Waals surface area contributed by atoms with E-state index in [1.165, 1.54) is 13.8 Å². The van der Waals surface area contributed by atoms with Gasteiger partial charge in [-0.25, -0.2) is 4.39 Å². The van der Waals surface area contributed by atoms with Crippen LogP contribution in [0.5, 0.6) is 0 Å². The van der Waals surface area contributed by atoms with Gasteiger partial charge in [-0.1, -0.05) is 11.6 Å².